The molecular weight excluding hydrogens is 234 g/mol. The number of nitrogens with one attached hydrogen (secondary N) is 1. The molecule has 8 heteroatoms. The van der Waals surface area contributed by atoms with E-state index in [-0.39, 0.29) is 13.1 Å². The number of amides is 2. The molecule has 90 valence electrons. The van der Waals surface area contributed by atoms with Gasteiger partial charge in [0.1, 0.15) is 0 Å². The van der Waals surface area contributed by atoms with Gasteiger partial charge in [-0.15, -0.1) is 0 Å². The van der Waals surface area contributed by atoms with Crippen LogP contribution in [0.15, 0.2) is 0 Å². The van der Waals surface area contributed by atoms with Gasteiger partial charge in [-0.05, 0) is 12.8 Å². The molecule has 0 aromatic rings. The maximum Gasteiger partial charge on any atom is 0.282 e. The summed E-state index contributed by atoms with van der Waals surface area (Å²) in [7, 11) is -3.64. The van der Waals surface area contributed by atoms with E-state index in [0.717, 1.165) is 17.1 Å². The van der Waals surface area contributed by atoms with Crippen LogP contribution in [0.4, 0.5) is 0 Å². The quantitative estimate of drug-likeness (QED) is 0.588. The third kappa shape index (κ3) is 2.08. The molecule has 0 unspecified atom stereocenters. The molecule has 2 rings (SSSR count). The summed E-state index contributed by atoms with van der Waals surface area (Å²) in [6.45, 7) is 0.387. The Labute approximate surface area is 93.6 Å². The molecule has 2 amide bonds. The highest BCUT2D eigenvalue weighted by molar-refractivity contribution is 7.86. The standard InChI is InChI=1S/C8H13N3O4S/c12-7-5-11(6-8(13)9-7)16(14,15)10-3-1-2-4-10/h1-6H2,(H,9,12,13). The van der Waals surface area contributed by atoms with Crippen LogP contribution in [0.2, 0.25) is 0 Å². The van der Waals surface area contributed by atoms with E-state index in [1.54, 1.807) is 0 Å². The van der Waals surface area contributed by atoms with E-state index >= 15 is 0 Å². The summed E-state index contributed by atoms with van der Waals surface area (Å²) in [6, 6.07) is 0. The molecule has 0 saturated carbocycles. The van der Waals surface area contributed by atoms with Gasteiger partial charge < -0.3 is 0 Å². The van der Waals surface area contributed by atoms with Gasteiger partial charge in [0.15, 0.2) is 0 Å². The maximum atomic E-state index is 12.0. The van der Waals surface area contributed by atoms with Gasteiger partial charge >= 0.3 is 0 Å². The average molecular weight is 247 g/mol. The number of nitrogens with zero attached hydrogens (tertiary/aromatic N) is 2. The fraction of sp³-hybridized carbons (Fsp3) is 0.750. The SMILES string of the molecule is O=C1CN(S(=O)(=O)N2CCCC2)CC(=O)N1. The normalized spacial score (nSPS) is 24.8. The lowest BCUT2D eigenvalue weighted by Gasteiger charge is -2.28. The fourth-order valence-corrected chi connectivity index (χ4v) is 3.46. The Hall–Kier alpha value is -0.990. The van der Waals surface area contributed by atoms with Crippen molar-refractivity contribution < 1.29 is 18.0 Å². The molecule has 0 aliphatic carbocycles. The Morgan fingerprint density at radius 1 is 0.938 bits per heavy atom. The minimum Gasteiger partial charge on any atom is -0.294 e. The highest BCUT2D eigenvalue weighted by Gasteiger charge is 2.36. The second kappa shape index (κ2) is 4.11. The number of hydrogen-bond donors (Lipinski definition) is 1. The van der Waals surface area contributed by atoms with E-state index < -0.39 is 22.0 Å². The minimum absolute atomic E-state index is 0.273. The molecule has 7 nitrogen and oxygen atoms in total. The van der Waals surface area contributed by atoms with Gasteiger partial charge in [-0.3, -0.25) is 14.9 Å². The Kier molecular flexibility index (Phi) is 2.96. The summed E-state index contributed by atoms with van der Waals surface area (Å²) in [6.07, 6.45) is 1.65. The zero-order chi connectivity index (χ0) is 11.8. The van der Waals surface area contributed by atoms with Crippen LogP contribution in [-0.2, 0) is 19.8 Å². The summed E-state index contributed by atoms with van der Waals surface area (Å²) < 4.78 is 26.2. The summed E-state index contributed by atoms with van der Waals surface area (Å²) in [5.74, 6) is -1.14. The largest absolute Gasteiger partial charge is 0.294 e. The first-order chi connectivity index (χ1) is 7.50. The summed E-state index contributed by atoms with van der Waals surface area (Å²) in [4.78, 5) is 22.2. The van der Waals surface area contributed by atoms with Gasteiger partial charge in [0.05, 0.1) is 13.1 Å². The first-order valence-electron chi connectivity index (χ1n) is 5.08. The third-order valence-electron chi connectivity index (χ3n) is 2.64. The molecule has 0 atom stereocenters. The fourth-order valence-electron chi connectivity index (χ4n) is 1.86. The van der Waals surface area contributed by atoms with Gasteiger partial charge in [0.2, 0.25) is 11.8 Å². The summed E-state index contributed by atoms with van der Waals surface area (Å²) in [5, 5.41) is 2.07. The molecule has 2 saturated heterocycles. The van der Waals surface area contributed by atoms with Crippen molar-refractivity contribution in [3.8, 4) is 0 Å². The third-order valence-corrected chi connectivity index (χ3v) is 4.56. The van der Waals surface area contributed by atoms with Crippen LogP contribution in [0.1, 0.15) is 12.8 Å². The monoisotopic (exact) mass is 247 g/mol. The van der Waals surface area contributed by atoms with Crippen molar-refractivity contribution in [3.63, 3.8) is 0 Å². The van der Waals surface area contributed by atoms with Crippen molar-refractivity contribution in [2.24, 2.45) is 0 Å². The average Bonchev–Trinajstić information content (AvgIpc) is 2.69. The van der Waals surface area contributed by atoms with Crippen molar-refractivity contribution in [2.75, 3.05) is 26.2 Å². The van der Waals surface area contributed by atoms with Crippen LogP contribution >= 0.6 is 0 Å². The lowest BCUT2D eigenvalue weighted by molar-refractivity contribution is -0.134. The van der Waals surface area contributed by atoms with Crippen LogP contribution in [-0.4, -0.2) is 55.0 Å². The van der Waals surface area contributed by atoms with Gasteiger partial charge in [0, 0.05) is 13.1 Å². The van der Waals surface area contributed by atoms with Crippen molar-refractivity contribution in [1.82, 2.24) is 13.9 Å². The first-order valence-corrected chi connectivity index (χ1v) is 6.48. The van der Waals surface area contributed by atoms with Crippen LogP contribution < -0.4 is 5.32 Å². The van der Waals surface area contributed by atoms with Gasteiger partial charge in [-0.25, -0.2) is 0 Å². The van der Waals surface area contributed by atoms with Crippen LogP contribution in [0.5, 0.6) is 0 Å². The van der Waals surface area contributed by atoms with Crippen molar-refractivity contribution in [2.45, 2.75) is 12.8 Å². The summed E-state index contributed by atoms with van der Waals surface area (Å²) >= 11 is 0. The van der Waals surface area contributed by atoms with Crippen LogP contribution in [0.3, 0.4) is 0 Å². The van der Waals surface area contributed by atoms with Crippen molar-refractivity contribution in [3.05, 3.63) is 0 Å². The van der Waals surface area contributed by atoms with Crippen molar-refractivity contribution in [1.29, 1.82) is 0 Å². The van der Waals surface area contributed by atoms with Gasteiger partial charge in [0.25, 0.3) is 10.2 Å². The van der Waals surface area contributed by atoms with E-state index in [4.69, 9.17) is 0 Å². The molecule has 0 aromatic carbocycles. The first kappa shape index (κ1) is 11.5. The number of carbonyl (C=O) groups is 2. The van der Waals surface area contributed by atoms with Gasteiger partial charge in [-0.2, -0.15) is 17.0 Å². The number of carbonyl (C=O) groups excluding carboxylic acids is 2. The Morgan fingerprint density at radius 3 is 1.94 bits per heavy atom. The van der Waals surface area contributed by atoms with Crippen molar-refractivity contribution >= 4 is 22.0 Å². The highest BCUT2D eigenvalue weighted by atomic mass is 32.2. The lowest BCUT2D eigenvalue weighted by atomic mass is 10.4. The predicted molar refractivity (Wildman–Crippen MR) is 54.4 cm³/mol. The number of piperazine rings is 1. The van der Waals surface area contributed by atoms with E-state index in [1.165, 1.54) is 4.31 Å². The Balaban J connectivity index is 2.16. The van der Waals surface area contributed by atoms with Crippen LogP contribution in [0, 0.1) is 0 Å². The molecule has 1 N–H and O–H groups in total. The topological polar surface area (TPSA) is 86.8 Å². The Bertz CT molecular complexity index is 397. The second-order valence-corrected chi connectivity index (χ2v) is 5.78. The second-order valence-electron chi connectivity index (χ2n) is 3.85. The zero-order valence-electron chi connectivity index (χ0n) is 8.68. The molecule has 2 fully saturated rings. The van der Waals surface area contributed by atoms with E-state index in [2.05, 4.69) is 5.32 Å². The molecule has 0 bridgehead atoms. The Morgan fingerprint density at radius 2 is 1.44 bits per heavy atom. The smallest absolute Gasteiger partial charge is 0.282 e. The van der Waals surface area contributed by atoms with E-state index in [9.17, 15) is 18.0 Å². The highest BCUT2D eigenvalue weighted by Crippen LogP contribution is 2.16. The lowest BCUT2D eigenvalue weighted by Crippen LogP contribution is -2.56. The number of imide groups is 1. The molecule has 0 spiro atoms. The molecule has 0 radical (unpaired) electrons. The molecule has 2 aliphatic rings. The van der Waals surface area contributed by atoms with Crippen LogP contribution in [0.25, 0.3) is 0 Å². The maximum absolute atomic E-state index is 12.0. The predicted octanol–water partition coefficient (Wildman–Crippen LogP) is -1.71. The minimum atomic E-state index is -3.64. The molecule has 16 heavy (non-hydrogen) atoms. The van der Waals surface area contributed by atoms with E-state index in [0.29, 0.717) is 13.1 Å². The number of rotatable bonds is 2. The molecule has 2 heterocycles. The number of hydrogen-bond acceptors (Lipinski definition) is 4. The van der Waals surface area contributed by atoms with E-state index in [1.807, 2.05) is 0 Å². The molecule has 0 aromatic heterocycles. The molecular formula is C8H13N3O4S. The summed E-state index contributed by atoms with van der Waals surface area (Å²) in [5.41, 5.74) is 0. The molecule has 2 aliphatic heterocycles. The zero-order valence-corrected chi connectivity index (χ0v) is 9.49. The van der Waals surface area contributed by atoms with Gasteiger partial charge in [-0.1, -0.05) is 0 Å².